The summed E-state index contributed by atoms with van der Waals surface area (Å²) in [5, 5.41) is 6.54. The van der Waals surface area contributed by atoms with E-state index in [4.69, 9.17) is 5.10 Å². The maximum absolute atomic E-state index is 13.8. The number of allylic oxidation sites excluding steroid dienone is 1. The summed E-state index contributed by atoms with van der Waals surface area (Å²) in [6, 6.07) is 25.9. The molecule has 0 aromatic heterocycles. The molecule has 1 amide bonds. The van der Waals surface area contributed by atoms with Crippen LogP contribution in [0.15, 0.2) is 100 Å². The van der Waals surface area contributed by atoms with Crippen molar-refractivity contribution in [3.05, 3.63) is 107 Å². The van der Waals surface area contributed by atoms with Crippen LogP contribution in [0.2, 0.25) is 0 Å². The molecule has 0 spiro atoms. The van der Waals surface area contributed by atoms with Crippen molar-refractivity contribution in [1.82, 2.24) is 9.73 Å². The molecule has 7 heteroatoms. The first-order valence-electron chi connectivity index (χ1n) is 12.7. The topological polar surface area (TPSA) is 78.8 Å². The predicted octanol–water partition coefficient (Wildman–Crippen LogP) is 5.81. The molecule has 0 unspecified atom stereocenters. The molecular formula is C30H31N3O3S. The van der Waals surface area contributed by atoms with E-state index in [0.29, 0.717) is 5.56 Å². The van der Waals surface area contributed by atoms with Crippen LogP contribution in [0.4, 0.5) is 0 Å². The average molecular weight is 514 g/mol. The predicted molar refractivity (Wildman–Crippen MR) is 146 cm³/mol. The second kappa shape index (κ2) is 10.4. The Morgan fingerprint density at radius 3 is 2.27 bits per heavy atom. The first kappa shape index (κ1) is 25.1. The number of benzene rings is 3. The van der Waals surface area contributed by atoms with E-state index in [2.05, 4.69) is 22.9 Å². The standard InChI is InChI=1S/C30H31N3O3S/c1-21(2)32-37(35,36)26-18-16-24(17-19-26)30(34)33-29(23-12-7-4-8-13-23)27-15-9-14-25(28(27)31-33)20-22-10-5-3-6-11-22/h3-8,10-13,16-21,27,29,32H,9,14-15H2,1-2H3/b25-20-/t27-,29-/m1/s1. The molecule has 6 nitrogen and oxygen atoms in total. The van der Waals surface area contributed by atoms with Gasteiger partial charge in [-0.2, -0.15) is 5.10 Å². The number of carbonyl (C=O) groups excluding carboxylic acids is 1. The van der Waals surface area contributed by atoms with Crippen molar-refractivity contribution in [1.29, 1.82) is 0 Å². The van der Waals surface area contributed by atoms with E-state index in [-0.39, 0.29) is 28.8 Å². The molecule has 0 saturated heterocycles. The fourth-order valence-corrected chi connectivity index (χ4v) is 6.44. The van der Waals surface area contributed by atoms with Crippen LogP contribution < -0.4 is 4.72 Å². The number of hydrogen-bond acceptors (Lipinski definition) is 4. The van der Waals surface area contributed by atoms with Crippen LogP contribution in [0.3, 0.4) is 0 Å². The van der Waals surface area contributed by atoms with Crippen molar-refractivity contribution in [2.24, 2.45) is 11.0 Å². The van der Waals surface area contributed by atoms with Gasteiger partial charge in [-0.25, -0.2) is 18.1 Å². The Labute approximate surface area is 218 Å². The zero-order valence-corrected chi connectivity index (χ0v) is 21.9. The largest absolute Gasteiger partial charge is 0.274 e. The van der Waals surface area contributed by atoms with Crippen LogP contribution in [-0.4, -0.2) is 31.1 Å². The van der Waals surface area contributed by atoms with Gasteiger partial charge in [0.05, 0.1) is 16.6 Å². The van der Waals surface area contributed by atoms with Crippen LogP contribution in [0.25, 0.3) is 6.08 Å². The summed E-state index contributed by atoms with van der Waals surface area (Å²) in [6.07, 6.45) is 5.08. The fraction of sp³-hybridized carbons (Fsp3) is 0.267. The zero-order valence-electron chi connectivity index (χ0n) is 21.0. The monoisotopic (exact) mass is 513 g/mol. The van der Waals surface area contributed by atoms with E-state index in [9.17, 15) is 13.2 Å². The van der Waals surface area contributed by atoms with Crippen LogP contribution in [0.5, 0.6) is 0 Å². The Hall–Kier alpha value is -3.55. The number of nitrogens with one attached hydrogen (secondary N) is 1. The van der Waals surface area contributed by atoms with E-state index in [1.54, 1.807) is 31.0 Å². The Kier molecular flexibility index (Phi) is 7.09. The molecule has 1 aliphatic heterocycles. The summed E-state index contributed by atoms with van der Waals surface area (Å²) in [7, 11) is -3.64. The second-order valence-electron chi connectivity index (χ2n) is 9.87. The quantitative estimate of drug-likeness (QED) is 0.452. The molecule has 0 radical (unpaired) electrons. The third kappa shape index (κ3) is 5.29. The molecule has 190 valence electrons. The summed E-state index contributed by atoms with van der Waals surface area (Å²) >= 11 is 0. The van der Waals surface area contributed by atoms with Gasteiger partial charge in [0.15, 0.2) is 0 Å². The van der Waals surface area contributed by atoms with Crippen molar-refractivity contribution in [2.75, 3.05) is 0 Å². The van der Waals surface area contributed by atoms with Gasteiger partial charge >= 0.3 is 0 Å². The van der Waals surface area contributed by atoms with Gasteiger partial charge in [0.2, 0.25) is 10.0 Å². The maximum atomic E-state index is 13.8. The van der Waals surface area contributed by atoms with Crippen molar-refractivity contribution >= 4 is 27.7 Å². The summed E-state index contributed by atoms with van der Waals surface area (Å²) < 4.78 is 27.7. The van der Waals surface area contributed by atoms with Gasteiger partial charge < -0.3 is 0 Å². The molecule has 37 heavy (non-hydrogen) atoms. The van der Waals surface area contributed by atoms with Gasteiger partial charge in [-0.15, -0.1) is 0 Å². The Morgan fingerprint density at radius 1 is 0.973 bits per heavy atom. The number of sulfonamides is 1. The number of amides is 1. The molecule has 1 aliphatic carbocycles. The van der Waals surface area contributed by atoms with Crippen LogP contribution in [0, 0.1) is 5.92 Å². The number of hydrogen-bond donors (Lipinski definition) is 1. The van der Waals surface area contributed by atoms with E-state index in [0.717, 1.165) is 36.1 Å². The highest BCUT2D eigenvalue weighted by molar-refractivity contribution is 7.89. The highest BCUT2D eigenvalue weighted by atomic mass is 32.2. The van der Waals surface area contributed by atoms with E-state index in [1.165, 1.54) is 17.7 Å². The van der Waals surface area contributed by atoms with Crippen LogP contribution in [-0.2, 0) is 10.0 Å². The van der Waals surface area contributed by atoms with Crippen LogP contribution in [0.1, 0.15) is 60.6 Å². The Balaban J connectivity index is 1.51. The number of hydrazone groups is 1. The number of carbonyl (C=O) groups is 1. The minimum Gasteiger partial charge on any atom is -0.267 e. The molecule has 1 fully saturated rings. The minimum absolute atomic E-state index is 0.102. The highest BCUT2D eigenvalue weighted by Crippen LogP contribution is 2.44. The molecule has 2 atom stereocenters. The Morgan fingerprint density at radius 2 is 1.62 bits per heavy atom. The molecule has 2 aliphatic rings. The van der Waals surface area contributed by atoms with Crippen molar-refractivity contribution in [3.8, 4) is 0 Å². The van der Waals surface area contributed by atoms with E-state index in [1.807, 2.05) is 48.5 Å². The average Bonchev–Trinajstić information content (AvgIpc) is 3.29. The number of nitrogens with zero attached hydrogens (tertiary/aromatic N) is 2. The van der Waals surface area contributed by atoms with E-state index >= 15 is 0 Å². The minimum atomic E-state index is -3.64. The lowest BCUT2D eigenvalue weighted by Crippen LogP contribution is -2.32. The Bertz CT molecular complexity index is 1430. The third-order valence-electron chi connectivity index (χ3n) is 6.79. The molecule has 3 aromatic rings. The van der Waals surface area contributed by atoms with Crippen LogP contribution >= 0.6 is 0 Å². The molecule has 1 N–H and O–H groups in total. The molecular weight excluding hydrogens is 482 g/mol. The summed E-state index contributed by atoms with van der Waals surface area (Å²) in [5.41, 5.74) is 4.70. The third-order valence-corrected chi connectivity index (χ3v) is 8.47. The van der Waals surface area contributed by atoms with Gasteiger partial charge in [-0.05, 0) is 80.2 Å². The van der Waals surface area contributed by atoms with Crippen molar-refractivity contribution < 1.29 is 13.2 Å². The molecule has 0 bridgehead atoms. The second-order valence-corrected chi connectivity index (χ2v) is 11.6. The number of fused-ring (bicyclic) bond motifs is 1. The first-order chi connectivity index (χ1) is 17.8. The summed E-state index contributed by atoms with van der Waals surface area (Å²) in [4.78, 5) is 13.9. The van der Waals surface area contributed by atoms with Gasteiger partial charge in [-0.3, -0.25) is 4.79 Å². The fourth-order valence-electron chi connectivity index (χ4n) is 5.19. The van der Waals surface area contributed by atoms with Gasteiger partial charge in [0.1, 0.15) is 0 Å². The van der Waals surface area contributed by atoms with Crippen molar-refractivity contribution in [3.63, 3.8) is 0 Å². The lowest BCUT2D eigenvalue weighted by Gasteiger charge is -2.29. The first-order valence-corrected chi connectivity index (χ1v) is 14.2. The maximum Gasteiger partial charge on any atom is 0.274 e. The lowest BCUT2D eigenvalue weighted by atomic mass is 9.77. The zero-order chi connectivity index (χ0) is 26.0. The van der Waals surface area contributed by atoms with Gasteiger partial charge in [-0.1, -0.05) is 60.7 Å². The number of rotatable bonds is 6. The SMILES string of the molecule is CC(C)NS(=O)(=O)c1ccc(C(=O)N2N=C3/C(=C\c4ccccc4)CCC[C@H]3[C@H]2c2ccccc2)cc1. The van der Waals surface area contributed by atoms with E-state index < -0.39 is 10.0 Å². The lowest BCUT2D eigenvalue weighted by molar-refractivity contribution is 0.0680. The normalized spacial score (nSPS) is 20.7. The van der Waals surface area contributed by atoms with Gasteiger partial charge in [0, 0.05) is 17.5 Å². The highest BCUT2D eigenvalue weighted by Gasteiger charge is 2.43. The van der Waals surface area contributed by atoms with Gasteiger partial charge in [0.25, 0.3) is 5.91 Å². The molecule has 1 saturated carbocycles. The smallest absolute Gasteiger partial charge is 0.267 e. The van der Waals surface area contributed by atoms with Crippen molar-refractivity contribution in [2.45, 2.75) is 50.1 Å². The molecule has 3 aromatic carbocycles. The molecule has 5 rings (SSSR count). The summed E-state index contributed by atoms with van der Waals surface area (Å²) in [6.45, 7) is 3.54. The summed E-state index contributed by atoms with van der Waals surface area (Å²) in [5.74, 6) is -0.138. The molecule has 1 heterocycles.